The van der Waals surface area contributed by atoms with Gasteiger partial charge in [0.1, 0.15) is 5.82 Å². The van der Waals surface area contributed by atoms with Crippen molar-refractivity contribution in [2.45, 2.75) is 65.1 Å². The number of pyridine rings is 1. The van der Waals surface area contributed by atoms with Gasteiger partial charge in [0.2, 0.25) is 0 Å². The second-order valence-electron chi connectivity index (χ2n) is 7.54. The second-order valence-corrected chi connectivity index (χ2v) is 7.54. The molecule has 0 radical (unpaired) electrons. The zero-order valence-electron chi connectivity index (χ0n) is 14.5. The molecule has 0 N–H and O–H groups in total. The van der Waals surface area contributed by atoms with Gasteiger partial charge in [-0.15, -0.1) is 0 Å². The normalized spacial score (nSPS) is 23.9. The van der Waals surface area contributed by atoms with Crippen molar-refractivity contribution in [3.05, 3.63) is 17.8 Å². The van der Waals surface area contributed by atoms with E-state index in [1.807, 2.05) is 6.92 Å². The molecule has 3 rings (SSSR count). The van der Waals surface area contributed by atoms with Crippen molar-refractivity contribution in [1.82, 2.24) is 4.98 Å². The predicted octanol–water partition coefficient (Wildman–Crippen LogP) is 2.68. The van der Waals surface area contributed by atoms with Gasteiger partial charge >= 0.3 is 7.12 Å². The van der Waals surface area contributed by atoms with Crippen molar-refractivity contribution < 1.29 is 9.31 Å². The van der Waals surface area contributed by atoms with Gasteiger partial charge in [-0.1, -0.05) is 0 Å². The van der Waals surface area contributed by atoms with E-state index in [0.29, 0.717) is 0 Å². The van der Waals surface area contributed by atoms with Crippen LogP contribution in [0.1, 0.15) is 52.7 Å². The molecular weight excluding hydrogens is 275 g/mol. The molecule has 120 valence electrons. The molecule has 0 atom stereocenters. The molecule has 2 aliphatic heterocycles. The van der Waals surface area contributed by atoms with Crippen molar-refractivity contribution in [2.75, 3.05) is 18.0 Å². The van der Waals surface area contributed by atoms with Gasteiger partial charge in [-0.05, 0) is 71.5 Å². The second kappa shape index (κ2) is 5.53. The number of aromatic nitrogens is 1. The van der Waals surface area contributed by atoms with Crippen molar-refractivity contribution in [3.8, 4) is 0 Å². The summed E-state index contributed by atoms with van der Waals surface area (Å²) in [7, 11) is -0.310. The Bertz CT molecular complexity index is 538. The lowest BCUT2D eigenvalue weighted by molar-refractivity contribution is 0.00578. The SMILES string of the molecule is Cc1cc(B2OC(C)(C)C(C)(C)O2)cc(N2CCCCC2)n1. The molecule has 2 aliphatic rings. The molecule has 5 heteroatoms. The van der Waals surface area contributed by atoms with Crippen LogP contribution in [0.2, 0.25) is 0 Å². The molecule has 0 aromatic carbocycles. The maximum atomic E-state index is 6.18. The fraction of sp³-hybridized carbons (Fsp3) is 0.706. The highest BCUT2D eigenvalue weighted by atomic mass is 16.7. The summed E-state index contributed by atoms with van der Waals surface area (Å²) in [6.07, 6.45) is 3.83. The molecule has 4 nitrogen and oxygen atoms in total. The zero-order chi connectivity index (χ0) is 16.0. The molecule has 2 fully saturated rings. The summed E-state index contributed by atoms with van der Waals surface area (Å²) in [6.45, 7) is 12.6. The maximum Gasteiger partial charge on any atom is 0.495 e. The lowest BCUT2D eigenvalue weighted by atomic mass is 9.79. The molecule has 1 aromatic rings. The molecule has 3 heterocycles. The van der Waals surface area contributed by atoms with Gasteiger partial charge in [-0.2, -0.15) is 0 Å². The Morgan fingerprint density at radius 1 is 1.00 bits per heavy atom. The molecular formula is C17H27BN2O2. The fourth-order valence-electron chi connectivity index (χ4n) is 3.08. The number of piperidine rings is 1. The molecule has 0 amide bonds. The molecule has 0 aliphatic carbocycles. The van der Waals surface area contributed by atoms with Crippen molar-refractivity contribution in [2.24, 2.45) is 0 Å². The van der Waals surface area contributed by atoms with Gasteiger partial charge in [0.25, 0.3) is 0 Å². The number of nitrogens with zero attached hydrogens (tertiary/aromatic N) is 2. The molecule has 0 saturated carbocycles. The first kappa shape index (κ1) is 15.8. The Labute approximate surface area is 134 Å². The third-order valence-corrected chi connectivity index (χ3v) is 5.17. The minimum atomic E-state index is -0.310. The Morgan fingerprint density at radius 2 is 1.59 bits per heavy atom. The highest BCUT2D eigenvalue weighted by Gasteiger charge is 2.51. The average Bonchev–Trinajstić information content (AvgIpc) is 2.68. The van der Waals surface area contributed by atoms with E-state index in [1.165, 1.54) is 19.3 Å². The largest absolute Gasteiger partial charge is 0.495 e. The summed E-state index contributed by atoms with van der Waals surface area (Å²) in [6, 6.07) is 4.22. The van der Waals surface area contributed by atoms with Crippen molar-refractivity contribution >= 4 is 18.4 Å². The van der Waals surface area contributed by atoms with Crippen LogP contribution in [0.5, 0.6) is 0 Å². The number of anilines is 1. The summed E-state index contributed by atoms with van der Waals surface area (Å²) < 4.78 is 12.4. The minimum Gasteiger partial charge on any atom is -0.399 e. The van der Waals surface area contributed by atoms with E-state index in [-0.39, 0.29) is 18.3 Å². The fourth-order valence-corrected chi connectivity index (χ4v) is 3.08. The van der Waals surface area contributed by atoms with Crippen LogP contribution < -0.4 is 10.4 Å². The van der Waals surface area contributed by atoms with Crippen LogP contribution in [-0.4, -0.2) is 36.4 Å². The Kier molecular flexibility index (Phi) is 3.98. The third-order valence-electron chi connectivity index (χ3n) is 5.17. The van der Waals surface area contributed by atoms with Crippen LogP contribution in [0, 0.1) is 6.92 Å². The van der Waals surface area contributed by atoms with E-state index in [1.54, 1.807) is 0 Å². The van der Waals surface area contributed by atoms with Crippen LogP contribution in [0.15, 0.2) is 12.1 Å². The van der Waals surface area contributed by atoms with E-state index < -0.39 is 0 Å². The average molecular weight is 302 g/mol. The predicted molar refractivity (Wildman–Crippen MR) is 90.8 cm³/mol. The zero-order valence-corrected chi connectivity index (χ0v) is 14.5. The molecule has 0 spiro atoms. The standard InChI is InChI=1S/C17H27BN2O2/c1-13-11-14(18-21-16(2,3)17(4,5)22-18)12-15(19-13)20-9-7-6-8-10-20/h11-12H,6-10H2,1-5H3. The molecule has 22 heavy (non-hydrogen) atoms. The first-order valence-corrected chi connectivity index (χ1v) is 8.38. The van der Waals surface area contributed by atoms with Crippen LogP contribution in [-0.2, 0) is 9.31 Å². The lowest BCUT2D eigenvalue weighted by Crippen LogP contribution is -2.41. The van der Waals surface area contributed by atoms with Crippen molar-refractivity contribution in [3.63, 3.8) is 0 Å². The molecule has 2 saturated heterocycles. The smallest absolute Gasteiger partial charge is 0.399 e. The topological polar surface area (TPSA) is 34.6 Å². The number of hydrogen-bond acceptors (Lipinski definition) is 4. The molecule has 0 bridgehead atoms. The van der Waals surface area contributed by atoms with Crippen molar-refractivity contribution in [1.29, 1.82) is 0 Å². The van der Waals surface area contributed by atoms with E-state index in [0.717, 1.165) is 30.1 Å². The third kappa shape index (κ3) is 2.89. The quantitative estimate of drug-likeness (QED) is 0.787. The Hall–Kier alpha value is -1.07. The summed E-state index contributed by atoms with van der Waals surface area (Å²) >= 11 is 0. The molecule has 0 unspecified atom stereocenters. The highest BCUT2D eigenvalue weighted by molar-refractivity contribution is 6.62. The van der Waals surface area contributed by atoms with Gasteiger partial charge in [0, 0.05) is 18.8 Å². The Balaban J connectivity index is 1.87. The maximum absolute atomic E-state index is 6.18. The van der Waals surface area contributed by atoms with E-state index >= 15 is 0 Å². The van der Waals surface area contributed by atoms with E-state index in [2.05, 4.69) is 44.7 Å². The monoisotopic (exact) mass is 302 g/mol. The number of rotatable bonds is 2. The summed E-state index contributed by atoms with van der Waals surface area (Å²) in [5, 5.41) is 0. The van der Waals surface area contributed by atoms with Gasteiger partial charge < -0.3 is 14.2 Å². The van der Waals surface area contributed by atoms with E-state index in [4.69, 9.17) is 14.3 Å². The van der Waals surface area contributed by atoms with Gasteiger partial charge in [-0.25, -0.2) is 4.98 Å². The minimum absolute atomic E-state index is 0.305. The summed E-state index contributed by atoms with van der Waals surface area (Å²) in [4.78, 5) is 7.10. The van der Waals surface area contributed by atoms with Crippen LogP contribution in [0.4, 0.5) is 5.82 Å². The summed E-state index contributed by atoms with van der Waals surface area (Å²) in [5.41, 5.74) is 1.49. The van der Waals surface area contributed by atoms with Gasteiger partial charge in [0.05, 0.1) is 11.2 Å². The first-order chi connectivity index (χ1) is 10.3. The lowest BCUT2D eigenvalue weighted by Gasteiger charge is -2.32. The summed E-state index contributed by atoms with van der Waals surface area (Å²) in [5.74, 6) is 1.06. The Morgan fingerprint density at radius 3 is 2.18 bits per heavy atom. The van der Waals surface area contributed by atoms with Gasteiger partial charge in [0.15, 0.2) is 0 Å². The van der Waals surface area contributed by atoms with Crippen LogP contribution in [0.25, 0.3) is 0 Å². The van der Waals surface area contributed by atoms with Crippen LogP contribution >= 0.6 is 0 Å². The van der Waals surface area contributed by atoms with E-state index in [9.17, 15) is 0 Å². The van der Waals surface area contributed by atoms with Crippen LogP contribution in [0.3, 0.4) is 0 Å². The number of aryl methyl sites for hydroxylation is 1. The number of hydrogen-bond donors (Lipinski definition) is 0. The first-order valence-electron chi connectivity index (χ1n) is 8.38. The van der Waals surface area contributed by atoms with Gasteiger partial charge in [-0.3, -0.25) is 0 Å². The highest BCUT2D eigenvalue weighted by Crippen LogP contribution is 2.36. The molecule has 1 aromatic heterocycles.